The number of amides is 2. The van der Waals surface area contributed by atoms with Crippen molar-refractivity contribution in [3.63, 3.8) is 0 Å². The standard InChI is InChI=1S/2C6H6.2C5H11NO2.2C3H8O.6C2H6/c2*1-2-4-6-5-3-1;2*1-4-8-5(7)6(2)3;2*1-3-4-2;6*1-2/h2*1-6H;2*4H2,1-3H3;2*3H2,1-2H3;6*1-2H3. The minimum absolute atomic E-state index is 0.285. The molecule has 0 unspecified atom stereocenters. The van der Waals surface area contributed by atoms with Crippen LogP contribution >= 0.6 is 0 Å². The number of benzene rings is 2. The highest BCUT2D eigenvalue weighted by atomic mass is 16.6. The van der Waals surface area contributed by atoms with E-state index in [2.05, 4.69) is 18.9 Å². The van der Waals surface area contributed by atoms with Gasteiger partial charge in [0.25, 0.3) is 0 Å². The van der Waals surface area contributed by atoms with Crippen molar-refractivity contribution in [1.82, 2.24) is 9.80 Å². The smallest absolute Gasteiger partial charge is 0.409 e. The van der Waals surface area contributed by atoms with Crippen LogP contribution in [-0.4, -0.2) is 90.8 Å². The summed E-state index contributed by atoms with van der Waals surface area (Å²) in [6, 6.07) is 24.0. The Hall–Kier alpha value is -3.10. The molecule has 2 amide bonds. The van der Waals surface area contributed by atoms with E-state index in [4.69, 9.17) is 0 Å². The summed E-state index contributed by atoms with van der Waals surface area (Å²) >= 11 is 0. The molecule has 8 nitrogen and oxygen atoms in total. The van der Waals surface area contributed by atoms with Crippen LogP contribution in [0.4, 0.5) is 9.59 Å². The molecular formula is C40H86N2O6. The van der Waals surface area contributed by atoms with Crippen LogP contribution in [-0.2, 0) is 18.9 Å². The van der Waals surface area contributed by atoms with Crippen LogP contribution in [0.15, 0.2) is 72.8 Å². The highest BCUT2D eigenvalue weighted by Crippen LogP contribution is 1.83. The monoisotopic (exact) mass is 691 g/mol. The van der Waals surface area contributed by atoms with Gasteiger partial charge < -0.3 is 28.7 Å². The second kappa shape index (κ2) is 96.7. The van der Waals surface area contributed by atoms with Crippen LogP contribution in [0.5, 0.6) is 0 Å². The van der Waals surface area contributed by atoms with Gasteiger partial charge in [-0.3, -0.25) is 0 Å². The third kappa shape index (κ3) is 121. The lowest BCUT2D eigenvalue weighted by Gasteiger charge is -2.07. The molecule has 0 aliphatic rings. The molecule has 0 atom stereocenters. The van der Waals surface area contributed by atoms with Crippen molar-refractivity contribution in [2.45, 2.75) is 111 Å². The summed E-state index contributed by atoms with van der Waals surface area (Å²) < 4.78 is 18.3. The SMILES string of the molecule is CC.CC.CC.CC.CC.CC.CCOC.CCOC.CCOC(=O)N(C)C.CCOC(=O)N(C)C.c1ccccc1.c1ccccc1. The van der Waals surface area contributed by atoms with E-state index in [0.29, 0.717) is 13.2 Å². The van der Waals surface area contributed by atoms with Crippen molar-refractivity contribution >= 4 is 12.2 Å². The van der Waals surface area contributed by atoms with Gasteiger partial charge >= 0.3 is 12.2 Å². The van der Waals surface area contributed by atoms with E-state index >= 15 is 0 Å². The normalized spacial score (nSPS) is 6.79. The molecule has 2 aromatic carbocycles. The average Bonchev–Trinajstić information content (AvgIpc) is 3.19. The van der Waals surface area contributed by atoms with Crippen LogP contribution in [0.2, 0.25) is 0 Å². The Labute approximate surface area is 302 Å². The molecule has 2 rings (SSSR count). The maximum atomic E-state index is 10.4. The van der Waals surface area contributed by atoms with Gasteiger partial charge in [0.2, 0.25) is 0 Å². The molecule has 0 heterocycles. The van der Waals surface area contributed by atoms with E-state index < -0.39 is 0 Å². The van der Waals surface area contributed by atoms with Crippen molar-refractivity contribution in [2.75, 3.05) is 68.8 Å². The fourth-order valence-corrected chi connectivity index (χ4v) is 1.27. The summed E-state index contributed by atoms with van der Waals surface area (Å²) in [6.45, 7) is 34.0. The van der Waals surface area contributed by atoms with Crippen LogP contribution < -0.4 is 0 Å². The minimum Gasteiger partial charge on any atom is -0.450 e. The first-order valence-corrected chi connectivity index (χ1v) is 17.9. The molecule has 0 aliphatic carbocycles. The molecule has 0 bridgehead atoms. The van der Waals surface area contributed by atoms with Gasteiger partial charge in [-0.25, -0.2) is 9.59 Å². The highest BCUT2D eigenvalue weighted by molar-refractivity contribution is 5.66. The maximum Gasteiger partial charge on any atom is 0.409 e. The number of carbonyl (C=O) groups is 2. The van der Waals surface area contributed by atoms with Crippen LogP contribution in [0.1, 0.15) is 111 Å². The number of ether oxygens (including phenoxy) is 4. The predicted octanol–water partition coefficient (Wildman–Crippen LogP) is 12.2. The zero-order chi connectivity index (χ0) is 40.5. The molecule has 0 N–H and O–H groups in total. The van der Waals surface area contributed by atoms with Gasteiger partial charge in [0.1, 0.15) is 0 Å². The van der Waals surface area contributed by atoms with E-state index in [9.17, 15) is 9.59 Å². The molecule has 0 aliphatic heterocycles. The molecule has 0 spiro atoms. The quantitative estimate of drug-likeness (QED) is 0.318. The van der Waals surface area contributed by atoms with E-state index in [1.54, 1.807) is 56.3 Å². The second-order valence-corrected chi connectivity index (χ2v) is 6.65. The summed E-state index contributed by atoms with van der Waals surface area (Å²) in [5.41, 5.74) is 0. The fraction of sp³-hybridized carbons (Fsp3) is 0.650. The Balaban J connectivity index is -0.0000000429. The molecule has 0 saturated carbocycles. The van der Waals surface area contributed by atoms with Gasteiger partial charge in [0.15, 0.2) is 0 Å². The molecule has 0 saturated heterocycles. The van der Waals surface area contributed by atoms with E-state index in [-0.39, 0.29) is 12.2 Å². The average molecular weight is 691 g/mol. The van der Waals surface area contributed by atoms with Gasteiger partial charge in [-0.2, -0.15) is 0 Å². The molecule has 0 aromatic heterocycles. The number of hydrogen-bond donors (Lipinski definition) is 0. The van der Waals surface area contributed by atoms with Gasteiger partial charge in [0.05, 0.1) is 13.2 Å². The Morgan fingerprint density at radius 2 is 0.500 bits per heavy atom. The molecular weight excluding hydrogens is 604 g/mol. The first-order chi connectivity index (χ1) is 23.2. The topological polar surface area (TPSA) is 77.5 Å². The van der Waals surface area contributed by atoms with Gasteiger partial charge in [-0.1, -0.05) is 156 Å². The first kappa shape index (κ1) is 71.0. The zero-order valence-corrected chi connectivity index (χ0v) is 36.1. The number of methoxy groups -OCH3 is 2. The number of nitrogens with zero attached hydrogens (tertiary/aromatic N) is 2. The summed E-state index contributed by atoms with van der Waals surface area (Å²) in [6.07, 6.45) is -0.569. The summed E-state index contributed by atoms with van der Waals surface area (Å²) in [5, 5.41) is 0. The largest absolute Gasteiger partial charge is 0.450 e. The van der Waals surface area contributed by atoms with Gasteiger partial charge in [-0.15, -0.1) is 0 Å². The summed E-state index contributed by atoms with van der Waals surface area (Å²) in [5.74, 6) is 0. The van der Waals surface area contributed by atoms with Gasteiger partial charge in [0, 0.05) is 55.6 Å². The zero-order valence-electron chi connectivity index (χ0n) is 36.1. The van der Waals surface area contributed by atoms with Crippen molar-refractivity contribution < 1.29 is 28.5 Å². The Morgan fingerprint density at radius 3 is 0.542 bits per heavy atom. The van der Waals surface area contributed by atoms with E-state index in [0.717, 1.165) is 13.2 Å². The number of carbonyl (C=O) groups excluding carboxylic acids is 2. The second-order valence-electron chi connectivity index (χ2n) is 6.65. The summed E-state index contributed by atoms with van der Waals surface area (Å²) in [7, 11) is 9.96. The van der Waals surface area contributed by atoms with Gasteiger partial charge in [-0.05, 0) is 27.7 Å². The number of hydrogen-bond acceptors (Lipinski definition) is 6. The molecule has 8 heteroatoms. The fourth-order valence-electron chi connectivity index (χ4n) is 1.27. The molecule has 0 radical (unpaired) electrons. The lowest BCUT2D eigenvalue weighted by molar-refractivity contribution is 0.123. The van der Waals surface area contributed by atoms with E-state index in [1.807, 2.05) is 170 Å². The van der Waals surface area contributed by atoms with Crippen molar-refractivity contribution in [1.29, 1.82) is 0 Å². The van der Waals surface area contributed by atoms with Crippen molar-refractivity contribution in [2.24, 2.45) is 0 Å². The van der Waals surface area contributed by atoms with Crippen molar-refractivity contribution in [3.05, 3.63) is 72.8 Å². The maximum absolute atomic E-state index is 10.4. The highest BCUT2D eigenvalue weighted by Gasteiger charge is 2.00. The third-order valence-electron chi connectivity index (χ3n) is 3.18. The molecule has 2 aromatic rings. The minimum atomic E-state index is -0.285. The van der Waals surface area contributed by atoms with Crippen LogP contribution in [0.3, 0.4) is 0 Å². The van der Waals surface area contributed by atoms with E-state index in [1.165, 1.54) is 9.80 Å². The van der Waals surface area contributed by atoms with Crippen LogP contribution in [0.25, 0.3) is 0 Å². The third-order valence-corrected chi connectivity index (χ3v) is 3.18. The van der Waals surface area contributed by atoms with Crippen molar-refractivity contribution in [3.8, 4) is 0 Å². The molecule has 48 heavy (non-hydrogen) atoms. The first-order valence-electron chi connectivity index (χ1n) is 17.9. The number of rotatable bonds is 4. The Kier molecular flexibility index (Phi) is 143. The molecule has 292 valence electrons. The predicted molar refractivity (Wildman–Crippen MR) is 217 cm³/mol. The molecule has 0 fully saturated rings. The Bertz CT molecular complexity index is 530. The summed E-state index contributed by atoms with van der Waals surface area (Å²) in [4.78, 5) is 23.7. The van der Waals surface area contributed by atoms with Crippen LogP contribution in [0, 0.1) is 0 Å². The Morgan fingerprint density at radius 1 is 0.375 bits per heavy atom. The lowest BCUT2D eigenvalue weighted by Crippen LogP contribution is -2.22. The lowest BCUT2D eigenvalue weighted by atomic mass is 10.4.